The Labute approximate surface area is 186 Å². The lowest BCUT2D eigenvalue weighted by Crippen LogP contribution is -2.48. The molecule has 0 unspecified atom stereocenters. The fourth-order valence-corrected chi connectivity index (χ4v) is 5.11. The third kappa shape index (κ3) is 4.43. The van der Waals surface area contributed by atoms with E-state index in [2.05, 4.69) is 34.1 Å². The number of carbonyl (C=O) groups excluding carboxylic acids is 1. The number of carbonyl (C=O) groups is 1. The molecular formula is C24H25N3O3S. The van der Waals surface area contributed by atoms with Gasteiger partial charge >= 0.3 is 0 Å². The van der Waals surface area contributed by atoms with Gasteiger partial charge in [0.2, 0.25) is 6.79 Å². The number of nitrogens with zero attached hydrogens (tertiary/aromatic N) is 3. The van der Waals surface area contributed by atoms with Crippen molar-refractivity contribution in [2.75, 3.05) is 33.0 Å². The number of aromatic nitrogens is 1. The second-order valence-electron chi connectivity index (χ2n) is 7.94. The van der Waals surface area contributed by atoms with Crippen molar-refractivity contribution in [3.63, 3.8) is 0 Å². The molecule has 7 heteroatoms. The molecule has 2 aliphatic heterocycles. The van der Waals surface area contributed by atoms with Crippen LogP contribution in [0.2, 0.25) is 0 Å². The molecule has 1 saturated heterocycles. The Morgan fingerprint density at radius 2 is 1.77 bits per heavy atom. The maximum Gasteiger partial charge on any atom is 0.265 e. The first-order valence-electron chi connectivity index (χ1n) is 10.6. The zero-order valence-electron chi connectivity index (χ0n) is 17.5. The Morgan fingerprint density at radius 3 is 2.58 bits per heavy atom. The zero-order valence-corrected chi connectivity index (χ0v) is 18.4. The van der Waals surface area contributed by atoms with Crippen molar-refractivity contribution in [1.82, 2.24) is 14.8 Å². The molecule has 0 spiro atoms. The molecule has 2 aliphatic rings. The van der Waals surface area contributed by atoms with Gasteiger partial charge in [0.25, 0.3) is 5.91 Å². The highest BCUT2D eigenvalue weighted by Crippen LogP contribution is 2.33. The van der Waals surface area contributed by atoms with Crippen LogP contribution in [0.1, 0.15) is 31.5 Å². The normalized spacial score (nSPS) is 16.0. The quantitative estimate of drug-likeness (QED) is 0.611. The number of hydrogen-bond acceptors (Lipinski definition) is 6. The Bertz CT molecular complexity index is 1070. The van der Waals surface area contributed by atoms with Crippen LogP contribution >= 0.6 is 11.3 Å². The van der Waals surface area contributed by atoms with Gasteiger partial charge in [0.1, 0.15) is 4.88 Å². The van der Waals surface area contributed by atoms with Gasteiger partial charge in [0.15, 0.2) is 11.5 Å². The number of thiazole rings is 1. The molecule has 0 atom stereocenters. The summed E-state index contributed by atoms with van der Waals surface area (Å²) in [5, 5.41) is 0.994. The first kappa shape index (κ1) is 20.0. The number of fused-ring (bicyclic) bond motifs is 1. The summed E-state index contributed by atoms with van der Waals surface area (Å²) in [5.41, 5.74) is 3.25. The van der Waals surface area contributed by atoms with E-state index < -0.39 is 0 Å². The van der Waals surface area contributed by atoms with Gasteiger partial charge in [-0.2, -0.15) is 0 Å². The van der Waals surface area contributed by atoms with Crippen LogP contribution in [0.5, 0.6) is 11.5 Å². The van der Waals surface area contributed by atoms with E-state index in [1.165, 1.54) is 22.5 Å². The van der Waals surface area contributed by atoms with E-state index in [1.807, 2.05) is 36.1 Å². The molecule has 2 aromatic carbocycles. The molecular weight excluding hydrogens is 410 g/mol. The first-order chi connectivity index (χ1) is 15.2. The standard InChI is InChI=1S/C24H25N3O3S/c1-17-23(31-22(25-17)14-18-5-3-2-4-6-18)24(28)27-11-9-26(10-12-27)15-19-7-8-20-21(13-19)30-16-29-20/h2-8,13H,9-12,14-16H2,1H3. The predicted octanol–water partition coefficient (Wildman–Crippen LogP) is 3.73. The molecule has 1 amide bonds. The van der Waals surface area contributed by atoms with Crippen LogP contribution in [0, 0.1) is 6.92 Å². The summed E-state index contributed by atoms with van der Waals surface area (Å²) in [7, 11) is 0. The van der Waals surface area contributed by atoms with E-state index in [1.54, 1.807) is 0 Å². The van der Waals surface area contributed by atoms with Gasteiger partial charge in [-0.05, 0) is 30.2 Å². The molecule has 5 rings (SSSR count). The van der Waals surface area contributed by atoms with Crippen molar-refractivity contribution in [1.29, 1.82) is 0 Å². The van der Waals surface area contributed by atoms with E-state index >= 15 is 0 Å². The average Bonchev–Trinajstić information content (AvgIpc) is 3.40. The molecule has 1 aromatic heterocycles. The number of rotatable bonds is 5. The summed E-state index contributed by atoms with van der Waals surface area (Å²) in [5.74, 6) is 1.74. The average molecular weight is 436 g/mol. The number of hydrogen-bond donors (Lipinski definition) is 0. The lowest BCUT2D eigenvalue weighted by atomic mass is 10.1. The highest BCUT2D eigenvalue weighted by atomic mass is 32.1. The van der Waals surface area contributed by atoms with E-state index in [9.17, 15) is 4.79 Å². The van der Waals surface area contributed by atoms with Gasteiger partial charge in [-0.25, -0.2) is 4.98 Å². The van der Waals surface area contributed by atoms with Crippen LogP contribution in [0.3, 0.4) is 0 Å². The molecule has 3 aromatic rings. The third-order valence-electron chi connectivity index (χ3n) is 5.74. The largest absolute Gasteiger partial charge is 0.454 e. The number of ether oxygens (including phenoxy) is 2. The third-order valence-corrected chi connectivity index (χ3v) is 6.88. The Hall–Kier alpha value is -2.90. The van der Waals surface area contributed by atoms with Crippen LogP contribution in [0.15, 0.2) is 48.5 Å². The Kier molecular flexibility index (Phi) is 5.61. The summed E-state index contributed by atoms with van der Waals surface area (Å²) < 4.78 is 10.9. The van der Waals surface area contributed by atoms with Gasteiger partial charge in [-0.1, -0.05) is 36.4 Å². The molecule has 31 heavy (non-hydrogen) atoms. The fraction of sp³-hybridized carbons (Fsp3) is 0.333. The molecule has 6 nitrogen and oxygen atoms in total. The maximum atomic E-state index is 13.1. The van der Waals surface area contributed by atoms with Gasteiger partial charge in [-0.3, -0.25) is 9.69 Å². The second kappa shape index (κ2) is 8.69. The summed E-state index contributed by atoms with van der Waals surface area (Å²) in [6, 6.07) is 16.4. The second-order valence-corrected chi connectivity index (χ2v) is 9.02. The molecule has 0 saturated carbocycles. The lowest BCUT2D eigenvalue weighted by Gasteiger charge is -2.34. The molecule has 1 fully saturated rings. The van der Waals surface area contributed by atoms with Gasteiger partial charge < -0.3 is 14.4 Å². The smallest absolute Gasteiger partial charge is 0.265 e. The van der Waals surface area contributed by atoms with Gasteiger partial charge in [0.05, 0.1) is 10.7 Å². The zero-order chi connectivity index (χ0) is 21.2. The van der Waals surface area contributed by atoms with E-state index in [4.69, 9.17) is 9.47 Å². The molecule has 0 aliphatic carbocycles. The van der Waals surface area contributed by atoms with Crippen molar-refractivity contribution in [3.8, 4) is 11.5 Å². The maximum absolute atomic E-state index is 13.1. The van der Waals surface area contributed by atoms with Crippen molar-refractivity contribution < 1.29 is 14.3 Å². The lowest BCUT2D eigenvalue weighted by molar-refractivity contribution is 0.0632. The SMILES string of the molecule is Cc1nc(Cc2ccccc2)sc1C(=O)N1CCN(Cc2ccc3c(c2)OCO3)CC1. The minimum atomic E-state index is 0.108. The highest BCUT2D eigenvalue weighted by Gasteiger charge is 2.26. The van der Waals surface area contributed by atoms with Crippen molar-refractivity contribution in [3.05, 3.63) is 75.2 Å². The molecule has 3 heterocycles. The van der Waals surface area contributed by atoms with Crippen LogP contribution in [0.4, 0.5) is 0 Å². The van der Waals surface area contributed by atoms with Crippen LogP contribution in [-0.4, -0.2) is 53.7 Å². The molecule has 0 bridgehead atoms. The molecule has 160 valence electrons. The Balaban J connectivity index is 1.18. The number of piperazine rings is 1. The monoisotopic (exact) mass is 435 g/mol. The number of amides is 1. The van der Waals surface area contributed by atoms with Gasteiger partial charge in [-0.15, -0.1) is 11.3 Å². The van der Waals surface area contributed by atoms with Crippen LogP contribution < -0.4 is 9.47 Å². The van der Waals surface area contributed by atoms with Crippen molar-refractivity contribution in [2.24, 2.45) is 0 Å². The Morgan fingerprint density at radius 1 is 1.00 bits per heavy atom. The fourth-order valence-electron chi connectivity index (χ4n) is 4.05. The summed E-state index contributed by atoms with van der Waals surface area (Å²) in [4.78, 5) is 22.9. The predicted molar refractivity (Wildman–Crippen MR) is 120 cm³/mol. The van der Waals surface area contributed by atoms with Crippen LogP contribution in [-0.2, 0) is 13.0 Å². The number of aryl methyl sites for hydroxylation is 1. The minimum absolute atomic E-state index is 0.108. The van der Waals surface area contributed by atoms with E-state index in [0.717, 1.165) is 66.2 Å². The molecule has 0 radical (unpaired) electrons. The minimum Gasteiger partial charge on any atom is -0.454 e. The van der Waals surface area contributed by atoms with Crippen molar-refractivity contribution >= 4 is 17.2 Å². The highest BCUT2D eigenvalue weighted by molar-refractivity contribution is 7.13. The number of benzene rings is 2. The van der Waals surface area contributed by atoms with Gasteiger partial charge in [0, 0.05) is 39.1 Å². The van der Waals surface area contributed by atoms with E-state index in [-0.39, 0.29) is 5.91 Å². The topological polar surface area (TPSA) is 54.9 Å². The summed E-state index contributed by atoms with van der Waals surface area (Å²) in [6.45, 7) is 6.25. The first-order valence-corrected chi connectivity index (χ1v) is 11.4. The van der Waals surface area contributed by atoms with Crippen LogP contribution in [0.25, 0.3) is 0 Å². The summed E-state index contributed by atoms with van der Waals surface area (Å²) >= 11 is 1.53. The van der Waals surface area contributed by atoms with E-state index in [0.29, 0.717) is 6.79 Å². The summed E-state index contributed by atoms with van der Waals surface area (Å²) in [6.07, 6.45) is 0.767. The van der Waals surface area contributed by atoms with Crippen molar-refractivity contribution in [2.45, 2.75) is 19.9 Å². The molecule has 0 N–H and O–H groups in total.